The summed E-state index contributed by atoms with van der Waals surface area (Å²) in [6.07, 6.45) is 5.15. The zero-order valence-electron chi connectivity index (χ0n) is 15.1. The molecule has 0 radical (unpaired) electrons. The molecule has 6 heteroatoms. The van der Waals surface area contributed by atoms with Crippen LogP contribution in [0, 0.1) is 0 Å². The second-order valence-corrected chi connectivity index (χ2v) is 7.43. The molecule has 2 aliphatic rings. The van der Waals surface area contributed by atoms with Crippen LogP contribution < -0.4 is 5.56 Å². The quantitative estimate of drug-likeness (QED) is 0.714. The van der Waals surface area contributed by atoms with E-state index in [0.29, 0.717) is 24.5 Å². The minimum absolute atomic E-state index is 0.0655. The monoisotopic (exact) mass is 362 g/mol. The molecular formula is C21H22N4O2. The Morgan fingerprint density at radius 2 is 1.96 bits per heavy atom. The molecule has 0 bridgehead atoms. The zero-order chi connectivity index (χ0) is 18.2. The lowest BCUT2D eigenvalue weighted by atomic mass is 9.94. The van der Waals surface area contributed by atoms with Crippen LogP contribution in [0.15, 0.2) is 64.0 Å². The van der Waals surface area contributed by atoms with Gasteiger partial charge in [0.2, 0.25) is 5.89 Å². The fraction of sp³-hybridized carbons (Fsp3) is 0.381. The van der Waals surface area contributed by atoms with E-state index in [0.717, 1.165) is 18.8 Å². The summed E-state index contributed by atoms with van der Waals surface area (Å²) in [5.74, 6) is 1.55. The standard InChI is InChI=1S/C21H22N4O2/c26-20-10-4-5-11-24(20)14-19-22-21(23-27-19)16-13-18(15-7-2-1-3-8-15)25-12-6-9-17(16)25/h1-5,7-8,10-11,16-18H,6,9,12-14H2/t16-,17+,18-/m0/s1. The van der Waals surface area contributed by atoms with Crippen LogP contribution in [0.4, 0.5) is 0 Å². The van der Waals surface area contributed by atoms with Gasteiger partial charge in [-0.05, 0) is 37.4 Å². The van der Waals surface area contributed by atoms with Crippen LogP contribution in [-0.2, 0) is 6.54 Å². The van der Waals surface area contributed by atoms with Crippen LogP contribution in [0.1, 0.15) is 48.5 Å². The van der Waals surface area contributed by atoms with Crippen molar-refractivity contribution in [3.05, 3.63) is 82.4 Å². The van der Waals surface area contributed by atoms with Gasteiger partial charge in [-0.15, -0.1) is 0 Å². The average Bonchev–Trinajstić information content (AvgIpc) is 3.41. The van der Waals surface area contributed by atoms with Crippen LogP contribution in [0.2, 0.25) is 0 Å². The summed E-state index contributed by atoms with van der Waals surface area (Å²) in [4.78, 5) is 19.2. The van der Waals surface area contributed by atoms with E-state index in [1.807, 2.05) is 6.07 Å². The minimum Gasteiger partial charge on any atom is -0.337 e. The van der Waals surface area contributed by atoms with Crippen LogP contribution in [0.3, 0.4) is 0 Å². The van der Waals surface area contributed by atoms with Crippen molar-refractivity contribution in [1.82, 2.24) is 19.6 Å². The van der Waals surface area contributed by atoms with Gasteiger partial charge >= 0.3 is 0 Å². The molecule has 0 saturated carbocycles. The second-order valence-electron chi connectivity index (χ2n) is 7.43. The average molecular weight is 362 g/mol. The lowest BCUT2D eigenvalue weighted by Gasteiger charge is -2.24. The molecule has 0 aliphatic carbocycles. The Hall–Kier alpha value is -2.73. The number of fused-ring (bicyclic) bond motifs is 1. The van der Waals surface area contributed by atoms with Gasteiger partial charge in [0.05, 0.1) is 0 Å². The van der Waals surface area contributed by atoms with Crippen LogP contribution in [0.5, 0.6) is 0 Å². The van der Waals surface area contributed by atoms with Crippen molar-refractivity contribution in [2.75, 3.05) is 6.54 Å². The number of hydrogen-bond acceptors (Lipinski definition) is 5. The van der Waals surface area contributed by atoms with E-state index in [4.69, 9.17) is 4.52 Å². The molecule has 0 spiro atoms. The third-order valence-corrected chi connectivity index (χ3v) is 5.89. The highest BCUT2D eigenvalue weighted by atomic mass is 16.5. The molecule has 0 N–H and O–H groups in total. The summed E-state index contributed by atoms with van der Waals surface area (Å²) in [6, 6.07) is 16.7. The molecule has 5 rings (SSSR count). The maximum Gasteiger partial charge on any atom is 0.250 e. The summed E-state index contributed by atoms with van der Waals surface area (Å²) in [7, 11) is 0. The highest BCUT2D eigenvalue weighted by molar-refractivity contribution is 5.24. The molecule has 6 nitrogen and oxygen atoms in total. The molecule has 27 heavy (non-hydrogen) atoms. The molecule has 0 amide bonds. The van der Waals surface area contributed by atoms with E-state index in [1.165, 1.54) is 24.5 Å². The lowest BCUT2D eigenvalue weighted by Crippen LogP contribution is -2.27. The Bertz CT molecular complexity index is 981. The molecule has 2 fully saturated rings. The molecule has 4 heterocycles. The molecule has 2 aromatic heterocycles. The summed E-state index contributed by atoms with van der Waals surface area (Å²) < 4.78 is 7.07. The summed E-state index contributed by atoms with van der Waals surface area (Å²) >= 11 is 0. The predicted molar refractivity (Wildman–Crippen MR) is 100 cm³/mol. The van der Waals surface area contributed by atoms with Crippen LogP contribution in [0.25, 0.3) is 0 Å². The highest BCUT2D eigenvalue weighted by Gasteiger charge is 2.46. The smallest absolute Gasteiger partial charge is 0.250 e. The number of pyridine rings is 1. The second kappa shape index (κ2) is 6.78. The predicted octanol–water partition coefficient (Wildman–Crippen LogP) is 2.97. The number of nitrogens with zero attached hydrogens (tertiary/aromatic N) is 4. The zero-order valence-corrected chi connectivity index (χ0v) is 15.1. The van der Waals surface area contributed by atoms with Gasteiger partial charge in [-0.3, -0.25) is 9.69 Å². The maximum atomic E-state index is 11.9. The van der Waals surface area contributed by atoms with E-state index in [2.05, 4.69) is 45.4 Å². The summed E-state index contributed by atoms with van der Waals surface area (Å²) in [5.41, 5.74) is 1.30. The van der Waals surface area contributed by atoms with Crippen molar-refractivity contribution in [1.29, 1.82) is 0 Å². The van der Waals surface area contributed by atoms with Crippen molar-refractivity contribution in [3.8, 4) is 0 Å². The first-order chi connectivity index (χ1) is 13.3. The highest BCUT2D eigenvalue weighted by Crippen LogP contribution is 2.48. The van der Waals surface area contributed by atoms with Crippen molar-refractivity contribution in [2.45, 2.75) is 43.8 Å². The van der Waals surface area contributed by atoms with Crippen molar-refractivity contribution >= 4 is 0 Å². The minimum atomic E-state index is -0.0655. The van der Waals surface area contributed by atoms with Gasteiger partial charge in [-0.2, -0.15) is 4.98 Å². The van der Waals surface area contributed by atoms with E-state index in [-0.39, 0.29) is 11.5 Å². The molecule has 3 atom stereocenters. The molecule has 138 valence electrons. The van der Waals surface area contributed by atoms with E-state index < -0.39 is 0 Å². The topological polar surface area (TPSA) is 64.2 Å². The first-order valence-electron chi connectivity index (χ1n) is 9.58. The largest absolute Gasteiger partial charge is 0.337 e. The van der Waals surface area contributed by atoms with E-state index in [9.17, 15) is 4.79 Å². The SMILES string of the molecule is O=c1ccccn1Cc1nc([C@H]2C[C@@H](c3ccccc3)N3CCC[C@H]23)no1. The number of rotatable bonds is 4. The fourth-order valence-corrected chi connectivity index (χ4v) is 4.67. The fourth-order valence-electron chi connectivity index (χ4n) is 4.67. The summed E-state index contributed by atoms with van der Waals surface area (Å²) in [6.45, 7) is 1.45. The molecule has 2 saturated heterocycles. The number of benzene rings is 1. The van der Waals surface area contributed by atoms with Crippen LogP contribution in [-0.4, -0.2) is 32.2 Å². The van der Waals surface area contributed by atoms with Gasteiger partial charge in [0.15, 0.2) is 5.82 Å². The third kappa shape index (κ3) is 3.00. The normalized spacial score (nSPS) is 25.0. The van der Waals surface area contributed by atoms with E-state index in [1.54, 1.807) is 16.8 Å². The Kier molecular flexibility index (Phi) is 4.13. The van der Waals surface area contributed by atoms with E-state index >= 15 is 0 Å². The Morgan fingerprint density at radius 3 is 2.81 bits per heavy atom. The van der Waals surface area contributed by atoms with Crippen LogP contribution >= 0.6 is 0 Å². The van der Waals surface area contributed by atoms with Crippen molar-refractivity contribution in [2.24, 2.45) is 0 Å². The van der Waals surface area contributed by atoms with Crippen molar-refractivity contribution < 1.29 is 4.52 Å². The maximum absolute atomic E-state index is 11.9. The van der Waals surface area contributed by atoms with Crippen molar-refractivity contribution in [3.63, 3.8) is 0 Å². The molecule has 0 unspecified atom stereocenters. The first kappa shape index (κ1) is 16.4. The Balaban J connectivity index is 1.39. The van der Waals surface area contributed by atoms with Gasteiger partial charge in [0.1, 0.15) is 6.54 Å². The third-order valence-electron chi connectivity index (χ3n) is 5.89. The summed E-state index contributed by atoms with van der Waals surface area (Å²) in [5, 5.41) is 4.28. The number of hydrogen-bond donors (Lipinski definition) is 0. The van der Waals surface area contributed by atoms with Gasteiger partial charge < -0.3 is 9.09 Å². The van der Waals surface area contributed by atoms with Gasteiger partial charge in [0.25, 0.3) is 5.56 Å². The molecular weight excluding hydrogens is 340 g/mol. The van der Waals surface area contributed by atoms with Gasteiger partial charge in [0, 0.05) is 30.3 Å². The Labute approximate surface area is 157 Å². The molecule has 3 aromatic rings. The lowest BCUT2D eigenvalue weighted by molar-refractivity contribution is 0.243. The first-order valence-corrected chi connectivity index (χ1v) is 9.58. The van der Waals surface area contributed by atoms with Gasteiger partial charge in [-0.25, -0.2) is 0 Å². The number of aromatic nitrogens is 3. The van der Waals surface area contributed by atoms with Gasteiger partial charge in [-0.1, -0.05) is 41.6 Å². The molecule has 2 aliphatic heterocycles. The molecule has 1 aromatic carbocycles. The Morgan fingerprint density at radius 1 is 1.11 bits per heavy atom.